The molecule has 9 heteroatoms. The fourth-order valence-corrected chi connectivity index (χ4v) is 4.93. The second-order valence-electron chi connectivity index (χ2n) is 6.52. The zero-order valence-electron chi connectivity index (χ0n) is 14.5. The summed E-state index contributed by atoms with van der Waals surface area (Å²) in [7, 11) is 0. The number of fused-ring (bicyclic) bond motifs is 1. The molecular formula is C17H20N6OS2. The topological polar surface area (TPSA) is 85.6 Å². The van der Waals surface area contributed by atoms with Crippen LogP contribution in [0.25, 0.3) is 10.2 Å². The number of tetrazole rings is 1. The number of rotatable bonds is 5. The number of amides is 1. The molecule has 4 rings (SSSR count). The van der Waals surface area contributed by atoms with Gasteiger partial charge in [0.2, 0.25) is 11.1 Å². The highest BCUT2D eigenvalue weighted by atomic mass is 32.2. The van der Waals surface area contributed by atoms with Crippen LogP contribution in [0.2, 0.25) is 0 Å². The van der Waals surface area contributed by atoms with Crippen molar-refractivity contribution in [3.8, 4) is 0 Å². The highest BCUT2D eigenvalue weighted by molar-refractivity contribution is 7.99. The number of aryl methyl sites for hydroxylation is 1. The van der Waals surface area contributed by atoms with E-state index < -0.39 is 0 Å². The van der Waals surface area contributed by atoms with Gasteiger partial charge in [-0.15, -0.1) is 5.10 Å². The number of aromatic nitrogens is 5. The maximum Gasteiger partial charge on any atom is 0.236 e. The summed E-state index contributed by atoms with van der Waals surface area (Å²) in [5.74, 6) is 0.172. The van der Waals surface area contributed by atoms with Crippen LogP contribution in [0.3, 0.4) is 0 Å². The highest BCUT2D eigenvalue weighted by Gasteiger charge is 2.21. The first kappa shape index (κ1) is 17.4. The Bertz CT molecular complexity index is 915. The van der Waals surface area contributed by atoms with Crippen LogP contribution < -0.4 is 5.32 Å². The second-order valence-corrected chi connectivity index (χ2v) is 8.50. The molecule has 26 heavy (non-hydrogen) atoms. The molecular weight excluding hydrogens is 368 g/mol. The van der Waals surface area contributed by atoms with E-state index >= 15 is 0 Å². The van der Waals surface area contributed by atoms with Crippen LogP contribution in [-0.4, -0.2) is 36.9 Å². The lowest BCUT2D eigenvalue weighted by Crippen LogP contribution is -2.17. The number of carbonyl (C=O) groups is 1. The monoisotopic (exact) mass is 388 g/mol. The van der Waals surface area contributed by atoms with Crippen LogP contribution in [0, 0.1) is 6.92 Å². The Morgan fingerprint density at radius 3 is 3.04 bits per heavy atom. The summed E-state index contributed by atoms with van der Waals surface area (Å²) in [6.45, 7) is 2.05. The summed E-state index contributed by atoms with van der Waals surface area (Å²) in [6, 6.07) is 6.44. The van der Waals surface area contributed by atoms with Gasteiger partial charge >= 0.3 is 0 Å². The minimum Gasteiger partial charge on any atom is -0.301 e. The van der Waals surface area contributed by atoms with Gasteiger partial charge in [0.1, 0.15) is 0 Å². The third-order valence-electron chi connectivity index (χ3n) is 4.51. The quantitative estimate of drug-likeness (QED) is 0.669. The minimum atomic E-state index is -0.0935. The van der Waals surface area contributed by atoms with Gasteiger partial charge in [0.15, 0.2) is 5.13 Å². The summed E-state index contributed by atoms with van der Waals surface area (Å²) in [6.07, 6.45) is 5.93. The SMILES string of the molecule is Cc1ccc2nc(NC(=O)CSc3nnnn3C3CCCCC3)sc2c1. The minimum absolute atomic E-state index is 0.0935. The lowest BCUT2D eigenvalue weighted by molar-refractivity contribution is -0.113. The number of benzene rings is 1. The lowest BCUT2D eigenvalue weighted by Gasteiger charge is -2.21. The van der Waals surface area contributed by atoms with Crippen molar-refractivity contribution in [2.45, 2.75) is 50.2 Å². The third kappa shape index (κ3) is 3.88. The molecule has 0 saturated heterocycles. The number of hydrogen-bond acceptors (Lipinski definition) is 7. The molecule has 136 valence electrons. The van der Waals surface area contributed by atoms with E-state index in [-0.39, 0.29) is 11.7 Å². The van der Waals surface area contributed by atoms with Crippen LogP contribution in [0.15, 0.2) is 23.4 Å². The predicted molar refractivity (Wildman–Crippen MR) is 104 cm³/mol. The first-order valence-corrected chi connectivity index (χ1v) is 10.6. The zero-order chi connectivity index (χ0) is 17.9. The predicted octanol–water partition coefficient (Wildman–Crippen LogP) is 3.83. The molecule has 0 atom stereocenters. The van der Waals surface area contributed by atoms with Gasteiger partial charge in [0.05, 0.1) is 22.0 Å². The molecule has 2 aromatic heterocycles. The van der Waals surface area contributed by atoms with Crippen LogP contribution in [0.1, 0.15) is 43.7 Å². The number of anilines is 1. The van der Waals surface area contributed by atoms with E-state index in [0.29, 0.717) is 16.3 Å². The van der Waals surface area contributed by atoms with Gasteiger partial charge in [-0.05, 0) is 47.9 Å². The van der Waals surface area contributed by atoms with Gasteiger partial charge in [-0.25, -0.2) is 9.67 Å². The van der Waals surface area contributed by atoms with E-state index in [4.69, 9.17) is 0 Å². The highest BCUT2D eigenvalue weighted by Crippen LogP contribution is 2.30. The summed E-state index contributed by atoms with van der Waals surface area (Å²) in [5.41, 5.74) is 2.09. The van der Waals surface area contributed by atoms with Crippen molar-refractivity contribution in [3.05, 3.63) is 23.8 Å². The first-order chi connectivity index (χ1) is 12.7. The van der Waals surface area contributed by atoms with Crippen LogP contribution in [-0.2, 0) is 4.79 Å². The van der Waals surface area contributed by atoms with Crippen molar-refractivity contribution < 1.29 is 4.79 Å². The van der Waals surface area contributed by atoms with Crippen LogP contribution in [0.5, 0.6) is 0 Å². The normalized spacial score (nSPS) is 15.4. The van der Waals surface area contributed by atoms with Crippen molar-refractivity contribution in [3.63, 3.8) is 0 Å². The van der Waals surface area contributed by atoms with E-state index in [1.807, 2.05) is 23.7 Å². The summed E-state index contributed by atoms with van der Waals surface area (Å²) < 4.78 is 2.96. The maximum atomic E-state index is 12.3. The van der Waals surface area contributed by atoms with Gasteiger partial charge in [-0.2, -0.15) is 0 Å². The number of carbonyl (C=O) groups excluding carboxylic acids is 1. The average molecular weight is 389 g/mol. The fourth-order valence-electron chi connectivity index (χ4n) is 3.21. The Hall–Kier alpha value is -2.00. The molecule has 0 radical (unpaired) electrons. The Kier molecular flexibility index (Phi) is 5.16. The Labute approximate surface area is 159 Å². The number of thioether (sulfide) groups is 1. The molecule has 3 aromatic rings. The van der Waals surface area contributed by atoms with Gasteiger partial charge in [0, 0.05) is 0 Å². The molecule has 0 spiro atoms. The summed E-state index contributed by atoms with van der Waals surface area (Å²) in [4.78, 5) is 16.8. The smallest absolute Gasteiger partial charge is 0.236 e. The number of nitrogens with zero attached hydrogens (tertiary/aromatic N) is 5. The van der Waals surface area contributed by atoms with Crippen LogP contribution in [0.4, 0.5) is 5.13 Å². The molecule has 0 bridgehead atoms. The van der Waals surface area contributed by atoms with E-state index in [1.165, 1.54) is 47.9 Å². The third-order valence-corrected chi connectivity index (χ3v) is 6.37. The number of thiazole rings is 1. The largest absolute Gasteiger partial charge is 0.301 e. The van der Waals surface area contributed by atoms with Crippen molar-refractivity contribution >= 4 is 44.4 Å². The molecule has 1 aliphatic carbocycles. The van der Waals surface area contributed by atoms with Crippen molar-refractivity contribution in [2.75, 3.05) is 11.1 Å². The van der Waals surface area contributed by atoms with Crippen LogP contribution >= 0.6 is 23.1 Å². The zero-order valence-corrected chi connectivity index (χ0v) is 16.1. The molecule has 0 aliphatic heterocycles. The van der Waals surface area contributed by atoms with Crippen molar-refractivity contribution in [1.82, 2.24) is 25.2 Å². The molecule has 1 aliphatic rings. The second kappa shape index (κ2) is 7.71. The standard InChI is InChI=1S/C17H20N6OS2/c1-11-7-8-13-14(9-11)26-16(18-13)19-15(24)10-25-17-20-21-22-23(17)12-5-3-2-4-6-12/h7-9,12H,2-6,10H2,1H3,(H,18,19,24). The van der Waals surface area contributed by atoms with Gasteiger partial charge in [0.25, 0.3) is 0 Å². The molecule has 2 heterocycles. The summed E-state index contributed by atoms with van der Waals surface area (Å²) >= 11 is 2.87. The number of nitrogens with one attached hydrogen (secondary N) is 1. The van der Waals surface area contributed by atoms with E-state index in [2.05, 4.69) is 31.9 Å². The Morgan fingerprint density at radius 2 is 2.19 bits per heavy atom. The average Bonchev–Trinajstić information content (AvgIpc) is 3.26. The molecule has 1 N–H and O–H groups in total. The molecule has 0 unspecified atom stereocenters. The van der Waals surface area contributed by atoms with Crippen molar-refractivity contribution in [2.24, 2.45) is 0 Å². The van der Waals surface area contributed by atoms with E-state index in [1.54, 1.807) is 0 Å². The molecule has 1 amide bonds. The van der Waals surface area contributed by atoms with Gasteiger partial charge in [-0.3, -0.25) is 4.79 Å². The van der Waals surface area contributed by atoms with Gasteiger partial charge < -0.3 is 5.32 Å². The molecule has 1 fully saturated rings. The maximum absolute atomic E-state index is 12.3. The summed E-state index contributed by atoms with van der Waals surface area (Å²) in [5, 5.41) is 16.2. The number of hydrogen-bond donors (Lipinski definition) is 1. The molecule has 7 nitrogen and oxygen atoms in total. The Morgan fingerprint density at radius 1 is 1.35 bits per heavy atom. The van der Waals surface area contributed by atoms with Gasteiger partial charge in [-0.1, -0.05) is 48.4 Å². The molecule has 1 saturated carbocycles. The Balaban J connectivity index is 1.37. The molecule has 1 aromatic carbocycles. The fraction of sp³-hybridized carbons (Fsp3) is 0.471. The van der Waals surface area contributed by atoms with E-state index in [0.717, 1.165) is 23.1 Å². The van der Waals surface area contributed by atoms with Crippen molar-refractivity contribution in [1.29, 1.82) is 0 Å². The van der Waals surface area contributed by atoms with E-state index in [9.17, 15) is 4.79 Å². The first-order valence-electron chi connectivity index (χ1n) is 8.77. The lowest BCUT2D eigenvalue weighted by atomic mass is 9.96.